The van der Waals surface area contributed by atoms with E-state index in [1.165, 1.54) is 31.3 Å². The molecule has 0 spiro atoms. The van der Waals surface area contributed by atoms with Crippen molar-refractivity contribution in [3.05, 3.63) is 58.1 Å². The number of para-hydroxylation sites is 1. The summed E-state index contributed by atoms with van der Waals surface area (Å²) >= 11 is 6.21. The van der Waals surface area contributed by atoms with Crippen molar-refractivity contribution >= 4 is 29.1 Å². The van der Waals surface area contributed by atoms with Crippen molar-refractivity contribution in [2.75, 3.05) is 20.8 Å². The third-order valence-electron chi connectivity index (χ3n) is 5.31. The van der Waals surface area contributed by atoms with Gasteiger partial charge in [0.05, 0.1) is 42.5 Å². The lowest BCUT2D eigenvalue weighted by atomic mass is 9.94. The van der Waals surface area contributed by atoms with Crippen molar-refractivity contribution < 1.29 is 28.9 Å². The molecule has 0 aliphatic carbocycles. The topological polar surface area (TPSA) is 85.3 Å². The summed E-state index contributed by atoms with van der Waals surface area (Å²) in [5, 5.41) is 11.7. The summed E-state index contributed by atoms with van der Waals surface area (Å²) in [6.45, 7) is 6.04. The highest BCUT2D eigenvalue weighted by Gasteiger charge is 2.47. The first-order valence-corrected chi connectivity index (χ1v) is 11.1. The van der Waals surface area contributed by atoms with E-state index in [0.29, 0.717) is 30.0 Å². The summed E-state index contributed by atoms with van der Waals surface area (Å²) in [7, 11) is 2.87. The number of carbonyl (C=O) groups is 2. The van der Waals surface area contributed by atoms with E-state index in [2.05, 4.69) is 0 Å². The van der Waals surface area contributed by atoms with Crippen LogP contribution in [0.5, 0.6) is 17.2 Å². The van der Waals surface area contributed by atoms with E-state index in [1.54, 1.807) is 18.2 Å². The number of methoxy groups -OCH3 is 2. The van der Waals surface area contributed by atoms with Gasteiger partial charge in [-0.2, -0.15) is 0 Å². The maximum atomic E-state index is 13.2. The first-order chi connectivity index (χ1) is 15.7. The standard InChI is InChI=1S/C25H28ClNO6/c1-6-11-27-22(15-9-7-8-10-18(15)33-14(2)3)21(24(29)25(27)30)23(28)16-12-20(32-5)17(26)13-19(16)31-4/h7-10,12-14,22,28H,6,11H2,1-5H3/b23-21+. The number of carbonyl (C=O) groups excluding carboxylic acids is 2. The quantitative estimate of drug-likeness (QED) is 0.331. The number of rotatable bonds is 8. The van der Waals surface area contributed by atoms with E-state index in [0.717, 1.165) is 0 Å². The van der Waals surface area contributed by atoms with Crippen molar-refractivity contribution in [3.8, 4) is 17.2 Å². The Hall–Kier alpha value is -3.19. The third-order valence-corrected chi connectivity index (χ3v) is 5.61. The highest BCUT2D eigenvalue weighted by molar-refractivity contribution is 6.46. The van der Waals surface area contributed by atoms with Gasteiger partial charge in [-0.1, -0.05) is 36.7 Å². The maximum Gasteiger partial charge on any atom is 0.295 e. The van der Waals surface area contributed by atoms with Gasteiger partial charge in [0.15, 0.2) is 0 Å². The van der Waals surface area contributed by atoms with E-state index < -0.39 is 17.7 Å². The fraction of sp³-hybridized carbons (Fsp3) is 0.360. The molecule has 2 aromatic rings. The van der Waals surface area contributed by atoms with E-state index in [-0.39, 0.29) is 33.8 Å². The molecule has 2 aromatic carbocycles. The smallest absolute Gasteiger partial charge is 0.295 e. The lowest BCUT2D eigenvalue weighted by Gasteiger charge is -2.27. The molecule has 0 saturated carbocycles. The fourth-order valence-electron chi connectivity index (χ4n) is 3.93. The molecule has 0 bridgehead atoms. The average molecular weight is 474 g/mol. The Morgan fingerprint density at radius 2 is 1.76 bits per heavy atom. The van der Waals surface area contributed by atoms with Gasteiger partial charge < -0.3 is 24.2 Å². The highest BCUT2D eigenvalue weighted by atomic mass is 35.5. The summed E-state index contributed by atoms with van der Waals surface area (Å²) in [4.78, 5) is 27.7. The second-order valence-electron chi connectivity index (χ2n) is 7.88. The molecule has 176 valence electrons. The number of likely N-dealkylation sites (tertiary alicyclic amines) is 1. The van der Waals surface area contributed by atoms with Crippen molar-refractivity contribution in [1.29, 1.82) is 0 Å². The Balaban J connectivity index is 2.30. The summed E-state index contributed by atoms with van der Waals surface area (Å²) in [5.74, 6) is -0.758. The van der Waals surface area contributed by atoms with Crippen molar-refractivity contribution in [1.82, 2.24) is 4.90 Å². The zero-order chi connectivity index (χ0) is 24.3. The molecule has 8 heteroatoms. The molecule has 1 amide bonds. The molecule has 1 aliphatic rings. The SMILES string of the molecule is CCCN1C(=O)C(=O)/C(=C(/O)c2cc(OC)c(Cl)cc2OC)C1c1ccccc1OC(C)C. The number of halogens is 1. The van der Waals surface area contributed by atoms with Gasteiger partial charge in [0.2, 0.25) is 0 Å². The zero-order valence-electron chi connectivity index (χ0n) is 19.3. The molecule has 3 rings (SSSR count). The first kappa shape index (κ1) is 24.5. The predicted octanol–water partition coefficient (Wildman–Crippen LogP) is 4.98. The van der Waals surface area contributed by atoms with Gasteiger partial charge in [-0.05, 0) is 32.4 Å². The largest absolute Gasteiger partial charge is 0.507 e. The fourth-order valence-corrected chi connectivity index (χ4v) is 4.16. The van der Waals surface area contributed by atoms with E-state index in [4.69, 9.17) is 25.8 Å². The Morgan fingerprint density at radius 3 is 2.36 bits per heavy atom. The van der Waals surface area contributed by atoms with Gasteiger partial charge in [0.1, 0.15) is 23.0 Å². The number of Topliss-reactive ketones (excluding diaryl/α,β-unsaturated/α-hetero) is 1. The number of benzene rings is 2. The van der Waals surface area contributed by atoms with E-state index in [9.17, 15) is 14.7 Å². The van der Waals surface area contributed by atoms with Crippen molar-refractivity contribution in [3.63, 3.8) is 0 Å². The Bertz CT molecular complexity index is 1090. The normalized spacial score (nSPS) is 17.5. The molecule has 7 nitrogen and oxygen atoms in total. The molecule has 1 unspecified atom stereocenters. The van der Waals surface area contributed by atoms with Crippen LogP contribution in [0.25, 0.3) is 5.76 Å². The molecule has 1 aliphatic heterocycles. The van der Waals surface area contributed by atoms with Gasteiger partial charge in [0.25, 0.3) is 11.7 Å². The number of hydrogen-bond donors (Lipinski definition) is 1. The van der Waals surface area contributed by atoms with E-state index >= 15 is 0 Å². The Morgan fingerprint density at radius 1 is 1.09 bits per heavy atom. The number of nitrogens with zero attached hydrogens (tertiary/aromatic N) is 1. The lowest BCUT2D eigenvalue weighted by molar-refractivity contribution is -0.139. The van der Waals surface area contributed by atoms with Crippen LogP contribution in [-0.4, -0.2) is 48.6 Å². The van der Waals surface area contributed by atoms with Gasteiger partial charge in [-0.25, -0.2) is 0 Å². The minimum absolute atomic E-state index is 0.0454. The molecule has 0 radical (unpaired) electrons. The van der Waals surface area contributed by atoms with Gasteiger partial charge in [-0.3, -0.25) is 9.59 Å². The average Bonchev–Trinajstić information content (AvgIpc) is 3.03. The van der Waals surface area contributed by atoms with Crippen LogP contribution in [0.1, 0.15) is 44.4 Å². The molecule has 1 heterocycles. The molecule has 1 N–H and O–H groups in total. The van der Waals surface area contributed by atoms with Crippen LogP contribution in [0.15, 0.2) is 42.0 Å². The summed E-state index contributed by atoms with van der Waals surface area (Å²) in [6, 6.07) is 9.35. The van der Waals surface area contributed by atoms with Crippen LogP contribution in [0, 0.1) is 0 Å². The van der Waals surface area contributed by atoms with Crippen LogP contribution in [-0.2, 0) is 9.59 Å². The van der Waals surface area contributed by atoms with Gasteiger partial charge in [0, 0.05) is 18.2 Å². The molecule has 1 fully saturated rings. The molecule has 33 heavy (non-hydrogen) atoms. The van der Waals surface area contributed by atoms with Crippen molar-refractivity contribution in [2.24, 2.45) is 0 Å². The number of amides is 1. The number of ether oxygens (including phenoxy) is 3. The number of aliphatic hydroxyl groups excluding tert-OH is 1. The minimum atomic E-state index is -0.828. The molecule has 1 atom stereocenters. The molecule has 1 saturated heterocycles. The number of ketones is 1. The molecular weight excluding hydrogens is 446 g/mol. The van der Waals surface area contributed by atoms with Gasteiger partial charge >= 0.3 is 0 Å². The van der Waals surface area contributed by atoms with E-state index in [1.807, 2.05) is 26.8 Å². The number of hydrogen-bond acceptors (Lipinski definition) is 6. The monoisotopic (exact) mass is 473 g/mol. The maximum absolute atomic E-state index is 13.2. The van der Waals surface area contributed by atoms with Crippen molar-refractivity contribution in [2.45, 2.75) is 39.3 Å². The van der Waals surface area contributed by atoms with Crippen LogP contribution < -0.4 is 14.2 Å². The second-order valence-corrected chi connectivity index (χ2v) is 8.29. The lowest BCUT2D eigenvalue weighted by Crippen LogP contribution is -2.30. The van der Waals surface area contributed by atoms with Crippen LogP contribution in [0.2, 0.25) is 5.02 Å². The highest BCUT2D eigenvalue weighted by Crippen LogP contribution is 2.45. The predicted molar refractivity (Wildman–Crippen MR) is 126 cm³/mol. The van der Waals surface area contributed by atoms with Crippen LogP contribution in [0.3, 0.4) is 0 Å². The molecule has 0 aromatic heterocycles. The first-order valence-electron chi connectivity index (χ1n) is 10.7. The van der Waals surface area contributed by atoms with Crippen LogP contribution in [0.4, 0.5) is 0 Å². The van der Waals surface area contributed by atoms with Crippen LogP contribution >= 0.6 is 11.6 Å². The Labute approximate surface area is 198 Å². The Kier molecular flexibility index (Phi) is 7.53. The summed E-state index contributed by atoms with van der Waals surface area (Å²) in [5.41, 5.74) is 0.761. The third kappa shape index (κ3) is 4.64. The van der Waals surface area contributed by atoms with Gasteiger partial charge in [-0.15, -0.1) is 0 Å². The zero-order valence-corrected chi connectivity index (χ0v) is 20.1. The molecular formula is C25H28ClNO6. The number of aliphatic hydroxyl groups is 1. The summed E-state index contributed by atoms with van der Waals surface area (Å²) < 4.78 is 16.6. The second kappa shape index (κ2) is 10.2. The summed E-state index contributed by atoms with van der Waals surface area (Å²) in [6.07, 6.45) is 0.509. The minimum Gasteiger partial charge on any atom is -0.507 e.